The van der Waals surface area contributed by atoms with Crippen LogP contribution < -0.4 is 0 Å². The molecule has 0 bridgehead atoms. The largest absolute Gasteiger partial charge is 0.383 e. The molecule has 0 radical (unpaired) electrons. The van der Waals surface area contributed by atoms with Crippen molar-refractivity contribution in [2.45, 2.75) is 73.8 Å². The van der Waals surface area contributed by atoms with Gasteiger partial charge in [0.15, 0.2) is 5.78 Å². The molecule has 26 heavy (non-hydrogen) atoms. The maximum atomic E-state index is 12.7. The van der Waals surface area contributed by atoms with E-state index in [1.54, 1.807) is 13.8 Å². The number of rotatable bonds is 5. The number of ketones is 1. The number of carbonyl (C=O) groups excluding carboxylic acids is 1. The van der Waals surface area contributed by atoms with Crippen LogP contribution in [0.3, 0.4) is 0 Å². The lowest BCUT2D eigenvalue weighted by Crippen LogP contribution is -2.41. The first-order valence-corrected chi connectivity index (χ1v) is 9.74. The van der Waals surface area contributed by atoms with Gasteiger partial charge in [-0.3, -0.25) is 4.79 Å². The smallest absolute Gasteiger partial charge is 0.177 e. The molecule has 0 aliphatic heterocycles. The zero-order chi connectivity index (χ0) is 20.0. The number of aliphatic hydroxyl groups is 1. The van der Waals surface area contributed by atoms with E-state index < -0.39 is 11.0 Å². The second-order valence-corrected chi connectivity index (χ2v) is 10.2. The van der Waals surface area contributed by atoms with Gasteiger partial charge in [-0.1, -0.05) is 69.7 Å². The third-order valence-electron chi connectivity index (χ3n) is 6.13. The summed E-state index contributed by atoms with van der Waals surface area (Å²) in [5, 5.41) is 10.2. The highest BCUT2D eigenvalue weighted by atomic mass is 16.3. The van der Waals surface area contributed by atoms with Crippen molar-refractivity contribution in [3.8, 4) is 0 Å². The van der Waals surface area contributed by atoms with Crippen LogP contribution in [0.15, 0.2) is 47.6 Å². The minimum atomic E-state index is -1.35. The van der Waals surface area contributed by atoms with Crippen LogP contribution in [-0.4, -0.2) is 16.5 Å². The summed E-state index contributed by atoms with van der Waals surface area (Å²) in [6.07, 6.45) is 14.8. The molecule has 0 spiro atoms. The Balaban J connectivity index is 2.25. The molecule has 1 N–H and O–H groups in total. The Kier molecular flexibility index (Phi) is 5.33. The summed E-state index contributed by atoms with van der Waals surface area (Å²) >= 11 is 0. The summed E-state index contributed by atoms with van der Waals surface area (Å²) in [4.78, 5) is 12.7. The van der Waals surface area contributed by atoms with Gasteiger partial charge < -0.3 is 5.11 Å². The lowest BCUT2D eigenvalue weighted by Gasteiger charge is -2.35. The molecule has 2 heteroatoms. The SMILES string of the molecule is CC1=CC(C)(CC(C)(C)C2=CC=CC(C)(C(=O)C(C)(C)O)C=C2)CC1C. The van der Waals surface area contributed by atoms with Crippen LogP contribution in [0.4, 0.5) is 0 Å². The predicted octanol–water partition coefficient (Wildman–Crippen LogP) is 5.79. The molecule has 2 nitrogen and oxygen atoms in total. The molecule has 0 aromatic rings. The molecule has 3 unspecified atom stereocenters. The van der Waals surface area contributed by atoms with Gasteiger partial charge in [0, 0.05) is 0 Å². The van der Waals surface area contributed by atoms with Gasteiger partial charge in [0.25, 0.3) is 0 Å². The third kappa shape index (κ3) is 4.28. The van der Waals surface area contributed by atoms with E-state index in [0.29, 0.717) is 5.92 Å². The van der Waals surface area contributed by atoms with Crippen LogP contribution in [-0.2, 0) is 4.79 Å². The second-order valence-electron chi connectivity index (χ2n) is 10.2. The van der Waals surface area contributed by atoms with Crippen molar-refractivity contribution in [2.24, 2.45) is 22.2 Å². The highest BCUT2D eigenvalue weighted by Crippen LogP contribution is 2.49. The second kappa shape index (κ2) is 6.64. The summed E-state index contributed by atoms with van der Waals surface area (Å²) in [5.41, 5.74) is 0.807. The van der Waals surface area contributed by atoms with Crippen molar-refractivity contribution in [1.82, 2.24) is 0 Å². The highest BCUT2D eigenvalue weighted by Gasteiger charge is 2.40. The maximum absolute atomic E-state index is 12.7. The number of hydrogen-bond donors (Lipinski definition) is 1. The number of hydrogen-bond acceptors (Lipinski definition) is 2. The zero-order valence-electron chi connectivity index (χ0n) is 17.8. The van der Waals surface area contributed by atoms with E-state index in [1.165, 1.54) is 17.6 Å². The Hall–Kier alpha value is -1.41. The van der Waals surface area contributed by atoms with Crippen LogP contribution in [0.1, 0.15) is 68.2 Å². The lowest BCUT2D eigenvalue weighted by atomic mass is 9.69. The lowest BCUT2D eigenvalue weighted by molar-refractivity contribution is -0.139. The fourth-order valence-corrected chi connectivity index (χ4v) is 4.83. The number of allylic oxidation sites excluding steroid dienone is 8. The predicted molar refractivity (Wildman–Crippen MR) is 110 cm³/mol. The molecule has 0 heterocycles. The average Bonchev–Trinajstić information content (AvgIpc) is 2.63. The summed E-state index contributed by atoms with van der Waals surface area (Å²) in [5.74, 6) is 0.474. The summed E-state index contributed by atoms with van der Waals surface area (Å²) in [6.45, 7) is 16.5. The molecular weight excluding hydrogens is 320 g/mol. The van der Waals surface area contributed by atoms with Crippen LogP contribution >= 0.6 is 0 Å². The van der Waals surface area contributed by atoms with Crippen molar-refractivity contribution in [1.29, 1.82) is 0 Å². The first kappa shape index (κ1) is 20.9. The first-order valence-electron chi connectivity index (χ1n) is 9.74. The van der Waals surface area contributed by atoms with Crippen molar-refractivity contribution in [2.75, 3.05) is 0 Å². The van der Waals surface area contributed by atoms with E-state index >= 15 is 0 Å². The summed E-state index contributed by atoms with van der Waals surface area (Å²) in [6, 6.07) is 0. The van der Waals surface area contributed by atoms with E-state index in [9.17, 15) is 9.90 Å². The fraction of sp³-hybridized carbons (Fsp3) is 0.625. The summed E-state index contributed by atoms with van der Waals surface area (Å²) < 4.78 is 0. The minimum absolute atomic E-state index is 0.000536. The van der Waals surface area contributed by atoms with E-state index in [0.717, 1.165) is 6.42 Å². The van der Waals surface area contributed by atoms with Crippen molar-refractivity contribution >= 4 is 5.78 Å². The van der Waals surface area contributed by atoms with Crippen LogP contribution in [0, 0.1) is 22.2 Å². The van der Waals surface area contributed by atoms with E-state index in [2.05, 4.69) is 52.8 Å². The van der Waals surface area contributed by atoms with Gasteiger partial charge in [-0.2, -0.15) is 0 Å². The molecule has 3 atom stereocenters. The fourth-order valence-electron chi connectivity index (χ4n) is 4.83. The highest BCUT2D eigenvalue weighted by molar-refractivity contribution is 5.94. The topological polar surface area (TPSA) is 37.3 Å². The van der Waals surface area contributed by atoms with Crippen LogP contribution in [0.2, 0.25) is 0 Å². The van der Waals surface area contributed by atoms with Gasteiger partial charge in [0.1, 0.15) is 5.60 Å². The molecular formula is C24H36O2. The molecule has 144 valence electrons. The van der Waals surface area contributed by atoms with Gasteiger partial charge >= 0.3 is 0 Å². The normalized spacial score (nSPS) is 32.3. The number of carbonyl (C=O) groups is 1. The molecule has 2 aliphatic rings. The van der Waals surface area contributed by atoms with E-state index in [1.807, 2.05) is 25.2 Å². The van der Waals surface area contributed by atoms with Gasteiger partial charge in [-0.15, -0.1) is 0 Å². The Bertz CT molecular complexity index is 696. The van der Waals surface area contributed by atoms with E-state index in [-0.39, 0.29) is 16.6 Å². The van der Waals surface area contributed by atoms with Crippen molar-refractivity contribution in [3.63, 3.8) is 0 Å². The molecule has 0 saturated heterocycles. The van der Waals surface area contributed by atoms with Crippen LogP contribution in [0.25, 0.3) is 0 Å². The minimum Gasteiger partial charge on any atom is -0.383 e. The molecule has 0 amide bonds. The van der Waals surface area contributed by atoms with E-state index in [4.69, 9.17) is 0 Å². The van der Waals surface area contributed by atoms with Gasteiger partial charge in [-0.25, -0.2) is 0 Å². The van der Waals surface area contributed by atoms with Crippen molar-refractivity contribution in [3.05, 3.63) is 47.6 Å². The molecule has 0 fully saturated rings. The van der Waals surface area contributed by atoms with Gasteiger partial charge in [0.2, 0.25) is 0 Å². The Morgan fingerprint density at radius 3 is 2.35 bits per heavy atom. The summed E-state index contributed by atoms with van der Waals surface area (Å²) in [7, 11) is 0. The zero-order valence-corrected chi connectivity index (χ0v) is 17.8. The quantitative estimate of drug-likeness (QED) is 0.633. The molecule has 2 aliphatic carbocycles. The standard InChI is InChI=1S/C24H36O2/c1-17-14-23(7,15-18(17)2)16-21(3,4)19-10-9-12-24(8,13-11-19)20(25)22(5,6)26/h9-14,18,26H,15-16H2,1-8H3. The Labute approximate surface area is 159 Å². The Morgan fingerprint density at radius 2 is 1.85 bits per heavy atom. The van der Waals surface area contributed by atoms with Gasteiger partial charge in [0.05, 0.1) is 5.41 Å². The Morgan fingerprint density at radius 1 is 1.23 bits per heavy atom. The van der Waals surface area contributed by atoms with Crippen molar-refractivity contribution < 1.29 is 9.90 Å². The average molecular weight is 357 g/mol. The third-order valence-corrected chi connectivity index (χ3v) is 6.13. The number of Topliss-reactive ketones (excluding diaryl/α,β-unsaturated/α-hetero) is 1. The molecule has 2 rings (SSSR count). The monoisotopic (exact) mass is 356 g/mol. The van der Waals surface area contributed by atoms with Crippen LogP contribution in [0.5, 0.6) is 0 Å². The molecule has 0 aromatic carbocycles. The first-order chi connectivity index (χ1) is 11.7. The molecule has 0 aromatic heterocycles. The molecule has 0 saturated carbocycles. The van der Waals surface area contributed by atoms with Gasteiger partial charge in [-0.05, 0) is 62.9 Å². The maximum Gasteiger partial charge on any atom is 0.177 e.